The molecule has 0 aromatic heterocycles. The molecule has 0 aliphatic rings. The highest BCUT2D eigenvalue weighted by molar-refractivity contribution is 5.88. The van der Waals surface area contributed by atoms with Crippen LogP contribution in [-0.4, -0.2) is 6.36 Å². The minimum absolute atomic E-state index is 0.223. The molecule has 0 amide bonds. The largest absolute Gasteiger partial charge is 0.573 e. The van der Waals surface area contributed by atoms with E-state index in [1.165, 1.54) is 18.2 Å². The first-order valence-electron chi connectivity index (χ1n) is 5.14. The topological polar surface area (TPSA) is 33.0 Å². The van der Waals surface area contributed by atoms with Crippen molar-refractivity contribution in [1.29, 1.82) is 5.26 Å². The summed E-state index contributed by atoms with van der Waals surface area (Å²) in [6.45, 7) is 0. The van der Waals surface area contributed by atoms with Gasteiger partial charge in [0.1, 0.15) is 5.75 Å². The van der Waals surface area contributed by atoms with Gasteiger partial charge in [0, 0.05) is 5.39 Å². The molecular weight excluding hydrogens is 243 g/mol. The Bertz CT molecular complexity index is 614. The molecule has 0 radical (unpaired) electrons. The second-order valence-electron chi connectivity index (χ2n) is 3.69. The Morgan fingerprint density at radius 3 is 2.61 bits per heavy atom. The number of halogens is 3. The minimum atomic E-state index is -4.71. The summed E-state index contributed by atoms with van der Waals surface area (Å²) >= 11 is 0. The number of fused-ring (bicyclic) bond motifs is 1. The third-order valence-electron chi connectivity index (χ3n) is 2.41. The number of alkyl halides is 3. The molecule has 0 aliphatic carbocycles. The van der Waals surface area contributed by atoms with Gasteiger partial charge in [0.15, 0.2) is 0 Å². The highest BCUT2D eigenvalue weighted by Gasteiger charge is 2.31. The quantitative estimate of drug-likeness (QED) is 0.813. The fourth-order valence-corrected chi connectivity index (χ4v) is 1.72. The van der Waals surface area contributed by atoms with Gasteiger partial charge in [-0.1, -0.05) is 24.3 Å². The molecule has 0 spiro atoms. The minimum Gasteiger partial charge on any atom is -0.405 e. The van der Waals surface area contributed by atoms with Crippen LogP contribution >= 0.6 is 0 Å². The number of hydrogen-bond acceptors (Lipinski definition) is 2. The van der Waals surface area contributed by atoms with Crippen molar-refractivity contribution in [2.24, 2.45) is 0 Å². The monoisotopic (exact) mass is 251 g/mol. The summed E-state index contributed by atoms with van der Waals surface area (Å²) in [5.74, 6) is -0.233. The van der Waals surface area contributed by atoms with E-state index in [1.54, 1.807) is 18.2 Å². The zero-order valence-electron chi connectivity index (χ0n) is 9.16. The summed E-state index contributed by atoms with van der Waals surface area (Å²) < 4.78 is 40.6. The van der Waals surface area contributed by atoms with Crippen molar-refractivity contribution in [3.63, 3.8) is 0 Å². The molecule has 0 atom stereocenters. The van der Waals surface area contributed by atoms with Gasteiger partial charge in [-0.2, -0.15) is 5.26 Å². The lowest BCUT2D eigenvalue weighted by molar-refractivity contribution is -0.274. The molecule has 0 fully saturated rings. The van der Waals surface area contributed by atoms with Crippen LogP contribution in [0.25, 0.3) is 10.8 Å². The molecule has 2 aromatic rings. The Hall–Kier alpha value is -2.22. The highest BCUT2D eigenvalue weighted by Crippen LogP contribution is 2.30. The molecule has 92 valence electrons. The molecule has 5 heteroatoms. The van der Waals surface area contributed by atoms with Crippen molar-refractivity contribution in [2.45, 2.75) is 12.8 Å². The van der Waals surface area contributed by atoms with Crippen molar-refractivity contribution in [3.8, 4) is 11.8 Å². The fraction of sp³-hybridized carbons (Fsp3) is 0.154. The van der Waals surface area contributed by atoms with E-state index in [0.717, 1.165) is 5.56 Å². The summed E-state index contributed by atoms with van der Waals surface area (Å²) in [5, 5.41) is 9.56. The summed E-state index contributed by atoms with van der Waals surface area (Å²) in [7, 11) is 0. The van der Waals surface area contributed by atoms with E-state index >= 15 is 0 Å². The molecule has 0 heterocycles. The van der Waals surface area contributed by atoms with Crippen LogP contribution in [0.2, 0.25) is 0 Å². The molecule has 0 aliphatic heterocycles. The average Bonchev–Trinajstić information content (AvgIpc) is 2.27. The van der Waals surface area contributed by atoms with E-state index in [-0.39, 0.29) is 12.2 Å². The summed E-state index contributed by atoms with van der Waals surface area (Å²) in [6, 6.07) is 11.3. The van der Waals surface area contributed by atoms with Gasteiger partial charge in [0.2, 0.25) is 0 Å². The average molecular weight is 251 g/mol. The van der Waals surface area contributed by atoms with Crippen LogP contribution < -0.4 is 4.74 Å². The third-order valence-corrected chi connectivity index (χ3v) is 2.41. The Labute approximate surface area is 101 Å². The van der Waals surface area contributed by atoms with Crippen LogP contribution in [-0.2, 0) is 6.42 Å². The summed E-state index contributed by atoms with van der Waals surface area (Å²) in [5.41, 5.74) is 0.758. The molecule has 0 saturated heterocycles. The molecule has 0 N–H and O–H groups in total. The van der Waals surface area contributed by atoms with Crippen LogP contribution in [0.15, 0.2) is 36.4 Å². The molecule has 2 aromatic carbocycles. The van der Waals surface area contributed by atoms with Gasteiger partial charge in [0.25, 0.3) is 0 Å². The number of hydrogen-bond donors (Lipinski definition) is 0. The Morgan fingerprint density at radius 2 is 1.94 bits per heavy atom. The van der Waals surface area contributed by atoms with Crippen LogP contribution in [0, 0.1) is 11.3 Å². The fourth-order valence-electron chi connectivity index (χ4n) is 1.72. The predicted octanol–water partition coefficient (Wildman–Crippen LogP) is 3.80. The molecule has 2 rings (SSSR count). The number of nitrogens with zero attached hydrogens (tertiary/aromatic N) is 1. The van der Waals surface area contributed by atoms with Gasteiger partial charge in [0.05, 0.1) is 12.5 Å². The van der Waals surface area contributed by atoms with Crippen LogP contribution in [0.5, 0.6) is 5.75 Å². The molecule has 2 nitrogen and oxygen atoms in total. The smallest absolute Gasteiger partial charge is 0.405 e. The molecule has 0 unspecified atom stereocenters. The zero-order chi connectivity index (χ0) is 13.2. The SMILES string of the molecule is N#CCc1ccc2c(OC(F)(F)F)cccc2c1. The van der Waals surface area contributed by atoms with Gasteiger partial charge < -0.3 is 4.74 Å². The summed E-state index contributed by atoms with van der Waals surface area (Å²) in [6.07, 6.45) is -4.49. The van der Waals surface area contributed by atoms with Crippen LogP contribution in [0.4, 0.5) is 13.2 Å². The lowest BCUT2D eigenvalue weighted by atomic mass is 10.0. The van der Waals surface area contributed by atoms with E-state index in [9.17, 15) is 13.2 Å². The van der Waals surface area contributed by atoms with E-state index < -0.39 is 6.36 Å². The van der Waals surface area contributed by atoms with E-state index in [1.807, 2.05) is 6.07 Å². The first-order valence-corrected chi connectivity index (χ1v) is 5.14. The predicted molar refractivity (Wildman–Crippen MR) is 59.9 cm³/mol. The standard InChI is InChI=1S/C13H8F3NO/c14-13(15,16)18-12-3-1-2-10-8-9(6-7-17)4-5-11(10)12/h1-5,8H,6H2. The second-order valence-corrected chi connectivity index (χ2v) is 3.69. The van der Waals surface area contributed by atoms with Crippen LogP contribution in [0.3, 0.4) is 0 Å². The first-order chi connectivity index (χ1) is 8.49. The van der Waals surface area contributed by atoms with E-state index in [4.69, 9.17) is 5.26 Å². The van der Waals surface area contributed by atoms with Crippen molar-refractivity contribution < 1.29 is 17.9 Å². The van der Waals surface area contributed by atoms with Gasteiger partial charge in [-0.05, 0) is 23.1 Å². The van der Waals surface area contributed by atoms with Crippen molar-refractivity contribution in [1.82, 2.24) is 0 Å². The molecule has 0 bridgehead atoms. The zero-order valence-corrected chi connectivity index (χ0v) is 9.16. The number of rotatable bonds is 2. The Balaban J connectivity index is 2.48. The third kappa shape index (κ3) is 2.72. The Morgan fingerprint density at radius 1 is 1.17 bits per heavy atom. The number of benzene rings is 2. The second kappa shape index (κ2) is 4.57. The first kappa shape index (κ1) is 12.2. The van der Waals surface area contributed by atoms with Crippen molar-refractivity contribution in [3.05, 3.63) is 42.0 Å². The molecular formula is C13H8F3NO. The van der Waals surface area contributed by atoms with Gasteiger partial charge in [-0.25, -0.2) is 0 Å². The van der Waals surface area contributed by atoms with Crippen molar-refractivity contribution in [2.75, 3.05) is 0 Å². The molecule has 0 saturated carbocycles. The lowest BCUT2D eigenvalue weighted by Gasteiger charge is -2.11. The maximum absolute atomic E-state index is 12.2. The van der Waals surface area contributed by atoms with Gasteiger partial charge in [-0.3, -0.25) is 0 Å². The number of nitriles is 1. The van der Waals surface area contributed by atoms with Gasteiger partial charge in [-0.15, -0.1) is 13.2 Å². The molecule has 18 heavy (non-hydrogen) atoms. The maximum Gasteiger partial charge on any atom is 0.573 e. The Kier molecular flexibility index (Phi) is 3.11. The van der Waals surface area contributed by atoms with Crippen molar-refractivity contribution >= 4 is 10.8 Å². The number of ether oxygens (including phenoxy) is 1. The van der Waals surface area contributed by atoms with Crippen LogP contribution in [0.1, 0.15) is 5.56 Å². The maximum atomic E-state index is 12.2. The highest BCUT2D eigenvalue weighted by atomic mass is 19.4. The van der Waals surface area contributed by atoms with E-state index in [2.05, 4.69) is 4.74 Å². The van der Waals surface area contributed by atoms with E-state index in [0.29, 0.717) is 10.8 Å². The summed E-state index contributed by atoms with van der Waals surface area (Å²) in [4.78, 5) is 0. The lowest BCUT2D eigenvalue weighted by Crippen LogP contribution is -2.17. The van der Waals surface area contributed by atoms with Gasteiger partial charge >= 0.3 is 6.36 Å². The normalized spacial score (nSPS) is 11.2.